The quantitative estimate of drug-likeness (QED) is 0.717. The number of imide groups is 1. The Labute approximate surface area is 107 Å². The molecule has 2 N–H and O–H groups in total. The zero-order valence-corrected chi connectivity index (χ0v) is 10.9. The molecule has 1 unspecified atom stereocenters. The Hall–Kier alpha value is -1.61. The highest BCUT2D eigenvalue weighted by atomic mass is 16.2. The lowest BCUT2D eigenvalue weighted by Crippen LogP contribution is -2.51. The number of amides is 3. The van der Waals surface area contributed by atoms with Gasteiger partial charge in [0.2, 0.25) is 5.91 Å². The number of carbonyl (C=O) groups is 2. The van der Waals surface area contributed by atoms with Crippen molar-refractivity contribution in [2.75, 3.05) is 13.6 Å². The lowest BCUT2D eigenvalue weighted by atomic mass is 10.1. The summed E-state index contributed by atoms with van der Waals surface area (Å²) in [6.45, 7) is 1.95. The Balaban J connectivity index is 2.63. The summed E-state index contributed by atoms with van der Waals surface area (Å²) >= 11 is 0. The van der Waals surface area contributed by atoms with E-state index in [0.717, 1.165) is 25.7 Å². The van der Waals surface area contributed by atoms with Crippen LogP contribution < -0.4 is 10.6 Å². The number of hydrogen-bond donors (Lipinski definition) is 2. The molecule has 100 valence electrons. The van der Waals surface area contributed by atoms with Gasteiger partial charge in [0.1, 0.15) is 0 Å². The van der Waals surface area contributed by atoms with Gasteiger partial charge in [0, 0.05) is 13.1 Å². The third-order valence-corrected chi connectivity index (χ3v) is 3.39. The van der Waals surface area contributed by atoms with Crippen molar-refractivity contribution in [1.82, 2.24) is 15.5 Å². The van der Waals surface area contributed by atoms with Crippen LogP contribution in [0.1, 0.15) is 32.6 Å². The molecule has 1 saturated carbocycles. The van der Waals surface area contributed by atoms with Crippen molar-refractivity contribution >= 4 is 11.9 Å². The summed E-state index contributed by atoms with van der Waals surface area (Å²) in [5, 5.41) is 13.4. The minimum Gasteiger partial charge on any atom is -0.341 e. The van der Waals surface area contributed by atoms with Crippen LogP contribution in [0.2, 0.25) is 0 Å². The van der Waals surface area contributed by atoms with Gasteiger partial charge in [-0.2, -0.15) is 5.26 Å². The number of carbonyl (C=O) groups excluding carboxylic acids is 2. The fraction of sp³-hybridized carbons (Fsp3) is 0.750. The van der Waals surface area contributed by atoms with Gasteiger partial charge in [-0.25, -0.2) is 4.79 Å². The Morgan fingerprint density at radius 2 is 2.06 bits per heavy atom. The van der Waals surface area contributed by atoms with Crippen LogP contribution >= 0.6 is 0 Å². The molecule has 0 aromatic heterocycles. The van der Waals surface area contributed by atoms with E-state index in [0.29, 0.717) is 0 Å². The first-order valence-corrected chi connectivity index (χ1v) is 6.25. The second-order valence-electron chi connectivity index (χ2n) is 4.51. The van der Waals surface area contributed by atoms with E-state index in [4.69, 9.17) is 5.26 Å². The maximum atomic E-state index is 11.9. The van der Waals surface area contributed by atoms with Crippen molar-refractivity contribution in [3.63, 3.8) is 0 Å². The first kappa shape index (κ1) is 14.5. The van der Waals surface area contributed by atoms with Crippen LogP contribution in [0.15, 0.2) is 0 Å². The molecule has 1 atom stereocenters. The fourth-order valence-electron chi connectivity index (χ4n) is 2.33. The number of rotatable bonds is 4. The Bertz CT molecular complexity index is 344. The standard InChI is InChI=1S/C12H20N4O2/c1-9(11(17)15-12(18)14-2)16(8-7-13)10-5-3-4-6-10/h9-10H,3-6,8H2,1-2H3,(H2,14,15,17,18). The van der Waals surface area contributed by atoms with E-state index in [-0.39, 0.29) is 18.5 Å². The lowest BCUT2D eigenvalue weighted by Gasteiger charge is -2.31. The number of hydrogen-bond acceptors (Lipinski definition) is 4. The van der Waals surface area contributed by atoms with Crippen LogP contribution in [0.25, 0.3) is 0 Å². The SMILES string of the molecule is CNC(=O)NC(=O)C(C)N(CC#N)C1CCCC1. The molecule has 0 aromatic carbocycles. The van der Waals surface area contributed by atoms with Crippen molar-refractivity contribution in [3.05, 3.63) is 0 Å². The van der Waals surface area contributed by atoms with Gasteiger partial charge in [-0.3, -0.25) is 15.0 Å². The minimum atomic E-state index is -0.518. The highest BCUT2D eigenvalue weighted by Crippen LogP contribution is 2.24. The molecule has 6 heteroatoms. The predicted molar refractivity (Wildman–Crippen MR) is 66.6 cm³/mol. The molecular formula is C12H20N4O2. The average molecular weight is 252 g/mol. The van der Waals surface area contributed by atoms with Gasteiger partial charge in [-0.05, 0) is 19.8 Å². The maximum Gasteiger partial charge on any atom is 0.321 e. The largest absolute Gasteiger partial charge is 0.341 e. The molecule has 1 aliphatic rings. The summed E-state index contributed by atoms with van der Waals surface area (Å²) in [5.74, 6) is -0.364. The van der Waals surface area contributed by atoms with Crippen molar-refractivity contribution in [1.29, 1.82) is 5.26 Å². The molecule has 6 nitrogen and oxygen atoms in total. The van der Waals surface area contributed by atoms with Crippen molar-refractivity contribution in [2.45, 2.75) is 44.7 Å². The van der Waals surface area contributed by atoms with Gasteiger partial charge >= 0.3 is 6.03 Å². The van der Waals surface area contributed by atoms with E-state index in [9.17, 15) is 9.59 Å². The Morgan fingerprint density at radius 3 is 2.56 bits per heavy atom. The van der Waals surface area contributed by atoms with Crippen LogP contribution in [-0.2, 0) is 4.79 Å². The van der Waals surface area contributed by atoms with Gasteiger partial charge in [-0.15, -0.1) is 0 Å². The highest BCUT2D eigenvalue weighted by molar-refractivity contribution is 5.96. The van der Waals surface area contributed by atoms with E-state index in [1.54, 1.807) is 6.92 Å². The van der Waals surface area contributed by atoms with Crippen LogP contribution in [0.5, 0.6) is 0 Å². The van der Waals surface area contributed by atoms with Gasteiger partial charge in [0.25, 0.3) is 0 Å². The predicted octanol–water partition coefficient (Wildman–Crippen LogP) is 0.599. The summed E-state index contributed by atoms with van der Waals surface area (Å²) in [4.78, 5) is 24.8. The zero-order chi connectivity index (χ0) is 13.5. The third kappa shape index (κ3) is 3.70. The van der Waals surface area contributed by atoms with Gasteiger partial charge in [-0.1, -0.05) is 12.8 Å². The molecule has 0 aliphatic heterocycles. The smallest absolute Gasteiger partial charge is 0.321 e. The molecule has 18 heavy (non-hydrogen) atoms. The highest BCUT2D eigenvalue weighted by Gasteiger charge is 2.30. The molecule has 1 fully saturated rings. The maximum absolute atomic E-state index is 11.9. The number of urea groups is 1. The van der Waals surface area contributed by atoms with Gasteiger partial charge in [0.05, 0.1) is 18.7 Å². The van der Waals surface area contributed by atoms with E-state index < -0.39 is 12.1 Å². The summed E-state index contributed by atoms with van der Waals surface area (Å²) in [6, 6.07) is 1.38. The fourth-order valence-corrected chi connectivity index (χ4v) is 2.33. The van der Waals surface area contributed by atoms with E-state index >= 15 is 0 Å². The number of nitrogens with zero attached hydrogens (tertiary/aromatic N) is 2. The Morgan fingerprint density at radius 1 is 1.44 bits per heavy atom. The number of nitrogens with one attached hydrogen (secondary N) is 2. The summed E-state index contributed by atoms with van der Waals surface area (Å²) < 4.78 is 0. The molecule has 1 rings (SSSR count). The summed E-state index contributed by atoms with van der Waals surface area (Å²) in [7, 11) is 1.46. The molecule has 0 spiro atoms. The third-order valence-electron chi connectivity index (χ3n) is 3.39. The van der Waals surface area contributed by atoms with Crippen molar-refractivity contribution in [3.8, 4) is 6.07 Å². The molecule has 0 aromatic rings. The summed E-state index contributed by atoms with van der Waals surface area (Å²) in [6.07, 6.45) is 4.30. The Kier molecular flexibility index (Phi) is 5.59. The molecular weight excluding hydrogens is 232 g/mol. The van der Waals surface area contributed by atoms with E-state index in [1.165, 1.54) is 7.05 Å². The van der Waals surface area contributed by atoms with Crippen LogP contribution in [0.3, 0.4) is 0 Å². The van der Waals surface area contributed by atoms with Gasteiger partial charge in [0.15, 0.2) is 0 Å². The first-order valence-electron chi connectivity index (χ1n) is 6.25. The second kappa shape index (κ2) is 6.97. The van der Waals surface area contributed by atoms with Crippen molar-refractivity contribution in [2.24, 2.45) is 0 Å². The lowest BCUT2D eigenvalue weighted by molar-refractivity contribution is -0.125. The first-order chi connectivity index (χ1) is 8.60. The molecule has 1 aliphatic carbocycles. The van der Waals surface area contributed by atoms with Gasteiger partial charge < -0.3 is 5.32 Å². The molecule has 0 heterocycles. The van der Waals surface area contributed by atoms with E-state index in [2.05, 4.69) is 16.7 Å². The van der Waals surface area contributed by atoms with Crippen LogP contribution in [0, 0.1) is 11.3 Å². The van der Waals surface area contributed by atoms with Crippen LogP contribution in [0.4, 0.5) is 4.79 Å². The normalized spacial score (nSPS) is 17.2. The van der Waals surface area contributed by atoms with E-state index in [1.807, 2.05) is 4.90 Å². The molecule has 0 radical (unpaired) electrons. The summed E-state index contributed by atoms with van der Waals surface area (Å²) in [5.41, 5.74) is 0. The zero-order valence-electron chi connectivity index (χ0n) is 10.9. The topological polar surface area (TPSA) is 85.2 Å². The van der Waals surface area contributed by atoms with Crippen LogP contribution in [-0.4, -0.2) is 42.5 Å². The molecule has 3 amide bonds. The minimum absolute atomic E-state index is 0.215. The second-order valence-corrected chi connectivity index (χ2v) is 4.51. The van der Waals surface area contributed by atoms with Crippen molar-refractivity contribution < 1.29 is 9.59 Å². The number of nitriles is 1. The average Bonchev–Trinajstić information content (AvgIpc) is 2.88. The molecule has 0 bridgehead atoms. The monoisotopic (exact) mass is 252 g/mol. The molecule has 0 saturated heterocycles.